The zero-order valence-corrected chi connectivity index (χ0v) is 7.83. The zero-order valence-electron chi connectivity index (χ0n) is 7.83. The molecule has 0 aliphatic heterocycles. The predicted molar refractivity (Wildman–Crippen MR) is 46.6 cm³/mol. The molecule has 3 heteroatoms. The summed E-state index contributed by atoms with van der Waals surface area (Å²) in [5.74, 6) is 0.363. The molecule has 0 heterocycles. The quantitative estimate of drug-likeness (QED) is 0.632. The lowest BCUT2D eigenvalue weighted by molar-refractivity contribution is -0.127. The second-order valence-electron chi connectivity index (χ2n) is 2.92. The molecule has 0 saturated heterocycles. The van der Waals surface area contributed by atoms with E-state index in [0.717, 1.165) is 0 Å². The van der Waals surface area contributed by atoms with Gasteiger partial charge in [0.2, 0.25) is 0 Å². The zero-order chi connectivity index (χ0) is 9.72. The summed E-state index contributed by atoms with van der Waals surface area (Å²) in [4.78, 5) is 11.0. The molecule has 0 aromatic carbocycles. The maximum atomic E-state index is 11.0. The van der Waals surface area contributed by atoms with E-state index < -0.39 is 6.10 Å². The van der Waals surface area contributed by atoms with Gasteiger partial charge in [-0.3, -0.25) is 4.79 Å². The molecule has 12 heavy (non-hydrogen) atoms. The normalized spacial score (nSPS) is 15.0. The van der Waals surface area contributed by atoms with Gasteiger partial charge in [-0.25, -0.2) is 0 Å². The van der Waals surface area contributed by atoms with E-state index in [9.17, 15) is 4.79 Å². The van der Waals surface area contributed by atoms with Gasteiger partial charge in [-0.15, -0.1) is 0 Å². The fourth-order valence-corrected chi connectivity index (χ4v) is 0.787. The fraction of sp³-hybridized carbons (Fsp3) is 0.667. The van der Waals surface area contributed by atoms with Crippen LogP contribution in [-0.2, 0) is 9.53 Å². The van der Waals surface area contributed by atoms with Crippen LogP contribution in [0.5, 0.6) is 0 Å². The summed E-state index contributed by atoms with van der Waals surface area (Å²) in [6.07, 6.45) is -0.609. The maximum absolute atomic E-state index is 11.0. The summed E-state index contributed by atoms with van der Waals surface area (Å²) in [5.41, 5.74) is 0. The Morgan fingerprint density at radius 1 is 1.58 bits per heavy atom. The lowest BCUT2D eigenvalue weighted by Gasteiger charge is -2.13. The summed E-state index contributed by atoms with van der Waals surface area (Å²) in [6, 6.07) is 0. The highest BCUT2D eigenvalue weighted by atomic mass is 16.5. The van der Waals surface area contributed by atoms with Gasteiger partial charge in [-0.05, 0) is 6.92 Å². The van der Waals surface area contributed by atoms with Crippen LogP contribution in [0.1, 0.15) is 20.3 Å². The van der Waals surface area contributed by atoms with Crippen molar-refractivity contribution >= 4 is 5.78 Å². The third kappa shape index (κ3) is 3.53. The van der Waals surface area contributed by atoms with E-state index in [1.165, 1.54) is 14.0 Å². The van der Waals surface area contributed by atoms with Crippen LogP contribution in [0.2, 0.25) is 0 Å². The monoisotopic (exact) mass is 172 g/mol. The molecule has 2 unspecified atom stereocenters. The van der Waals surface area contributed by atoms with E-state index in [0.29, 0.717) is 5.76 Å². The second-order valence-corrected chi connectivity index (χ2v) is 2.92. The molecule has 2 atom stereocenters. The van der Waals surface area contributed by atoms with Crippen molar-refractivity contribution in [1.82, 2.24) is 0 Å². The molecule has 0 saturated carbocycles. The number of allylic oxidation sites excluding steroid dienone is 1. The Balaban J connectivity index is 3.92. The van der Waals surface area contributed by atoms with Crippen LogP contribution in [0.15, 0.2) is 12.3 Å². The van der Waals surface area contributed by atoms with Gasteiger partial charge in [0.15, 0.2) is 5.78 Å². The SMILES string of the molecule is C=C(OC)C(C)CC(=O)C(C)O. The minimum absolute atomic E-state index is 0.0305. The average Bonchev–Trinajstić information content (AvgIpc) is 2.02. The number of ether oxygens (including phenoxy) is 1. The van der Waals surface area contributed by atoms with Gasteiger partial charge >= 0.3 is 0 Å². The Hall–Kier alpha value is -0.830. The molecule has 0 aromatic rings. The van der Waals surface area contributed by atoms with E-state index in [1.54, 1.807) is 0 Å². The highest BCUT2D eigenvalue weighted by Gasteiger charge is 2.15. The number of carbonyl (C=O) groups excluding carboxylic acids is 1. The van der Waals surface area contributed by atoms with Crippen LogP contribution in [0, 0.1) is 5.92 Å². The van der Waals surface area contributed by atoms with E-state index in [-0.39, 0.29) is 18.1 Å². The van der Waals surface area contributed by atoms with E-state index in [4.69, 9.17) is 9.84 Å². The molecular weight excluding hydrogens is 156 g/mol. The largest absolute Gasteiger partial charge is 0.501 e. The molecule has 0 spiro atoms. The van der Waals surface area contributed by atoms with Crippen molar-refractivity contribution in [3.63, 3.8) is 0 Å². The molecule has 0 aliphatic rings. The van der Waals surface area contributed by atoms with Gasteiger partial charge < -0.3 is 9.84 Å². The third-order valence-electron chi connectivity index (χ3n) is 1.79. The molecule has 0 fully saturated rings. The second kappa shape index (κ2) is 4.93. The average molecular weight is 172 g/mol. The summed E-state index contributed by atoms with van der Waals surface area (Å²) in [7, 11) is 1.52. The minimum atomic E-state index is -0.892. The van der Waals surface area contributed by atoms with Gasteiger partial charge in [0, 0.05) is 12.3 Å². The van der Waals surface area contributed by atoms with E-state index in [1.807, 2.05) is 6.92 Å². The summed E-state index contributed by atoms with van der Waals surface area (Å²) < 4.78 is 4.86. The molecule has 0 amide bonds. The molecule has 70 valence electrons. The molecule has 0 bridgehead atoms. The Labute approximate surface area is 73.0 Å². The van der Waals surface area contributed by atoms with Crippen molar-refractivity contribution in [1.29, 1.82) is 0 Å². The van der Waals surface area contributed by atoms with Crippen molar-refractivity contribution in [2.24, 2.45) is 5.92 Å². The lowest BCUT2D eigenvalue weighted by Crippen LogP contribution is -2.19. The summed E-state index contributed by atoms with van der Waals surface area (Å²) in [6.45, 7) is 6.93. The van der Waals surface area contributed by atoms with Gasteiger partial charge in [-0.2, -0.15) is 0 Å². The highest BCUT2D eigenvalue weighted by molar-refractivity contribution is 5.82. The Kier molecular flexibility index (Phi) is 4.59. The smallest absolute Gasteiger partial charge is 0.161 e. The van der Waals surface area contributed by atoms with Crippen LogP contribution in [-0.4, -0.2) is 24.1 Å². The number of aliphatic hydroxyl groups excluding tert-OH is 1. The lowest BCUT2D eigenvalue weighted by atomic mass is 10.0. The van der Waals surface area contributed by atoms with E-state index >= 15 is 0 Å². The van der Waals surface area contributed by atoms with Gasteiger partial charge in [0.1, 0.15) is 6.10 Å². The molecule has 0 aliphatic carbocycles. The number of rotatable bonds is 5. The number of ketones is 1. The third-order valence-corrected chi connectivity index (χ3v) is 1.79. The van der Waals surface area contributed by atoms with Crippen molar-refractivity contribution in [3.8, 4) is 0 Å². The van der Waals surface area contributed by atoms with Gasteiger partial charge in [0.05, 0.1) is 12.9 Å². The highest BCUT2D eigenvalue weighted by Crippen LogP contribution is 2.14. The number of methoxy groups -OCH3 is 1. The Bertz CT molecular complexity index is 173. The van der Waals surface area contributed by atoms with Crippen LogP contribution in [0.25, 0.3) is 0 Å². The molecule has 3 nitrogen and oxygen atoms in total. The van der Waals surface area contributed by atoms with Gasteiger partial charge in [0.25, 0.3) is 0 Å². The first-order valence-electron chi connectivity index (χ1n) is 3.92. The maximum Gasteiger partial charge on any atom is 0.161 e. The molecule has 1 N–H and O–H groups in total. The molecular formula is C9H16O3. The van der Waals surface area contributed by atoms with Crippen LogP contribution in [0.4, 0.5) is 0 Å². The molecule has 0 rings (SSSR count). The van der Waals surface area contributed by atoms with E-state index in [2.05, 4.69) is 6.58 Å². The topological polar surface area (TPSA) is 46.5 Å². The number of Topliss-reactive ketones (excluding diaryl/α,β-unsaturated/α-hetero) is 1. The molecule has 0 radical (unpaired) electrons. The number of carbonyl (C=O) groups is 1. The Morgan fingerprint density at radius 2 is 2.08 bits per heavy atom. The first-order valence-corrected chi connectivity index (χ1v) is 3.92. The fourth-order valence-electron chi connectivity index (χ4n) is 0.787. The van der Waals surface area contributed by atoms with Crippen molar-refractivity contribution in [3.05, 3.63) is 12.3 Å². The standard InChI is InChI=1S/C9H16O3/c1-6(8(3)12-4)5-9(11)7(2)10/h6-7,10H,3,5H2,1-2,4H3. The van der Waals surface area contributed by atoms with Crippen LogP contribution < -0.4 is 0 Å². The van der Waals surface area contributed by atoms with Crippen molar-refractivity contribution in [2.75, 3.05) is 7.11 Å². The Morgan fingerprint density at radius 3 is 2.42 bits per heavy atom. The number of hydrogen-bond acceptors (Lipinski definition) is 3. The first-order chi connectivity index (χ1) is 5.49. The van der Waals surface area contributed by atoms with Crippen molar-refractivity contribution in [2.45, 2.75) is 26.4 Å². The van der Waals surface area contributed by atoms with Crippen LogP contribution >= 0.6 is 0 Å². The predicted octanol–water partition coefficient (Wildman–Crippen LogP) is 1.12. The number of hydrogen-bond donors (Lipinski definition) is 1. The summed E-state index contributed by atoms with van der Waals surface area (Å²) in [5, 5.41) is 8.90. The van der Waals surface area contributed by atoms with Crippen molar-refractivity contribution < 1.29 is 14.6 Å². The minimum Gasteiger partial charge on any atom is -0.501 e. The van der Waals surface area contributed by atoms with Crippen LogP contribution in [0.3, 0.4) is 0 Å². The summed E-state index contributed by atoms with van der Waals surface area (Å²) >= 11 is 0. The number of aliphatic hydroxyl groups is 1. The van der Waals surface area contributed by atoms with Gasteiger partial charge in [-0.1, -0.05) is 13.5 Å². The first kappa shape index (κ1) is 11.2. The molecule has 0 aromatic heterocycles.